The molecule has 2 aromatic carbocycles. The minimum absolute atomic E-state index is 0.0335. The first kappa shape index (κ1) is 18.3. The van der Waals surface area contributed by atoms with Crippen LogP contribution in [0.4, 0.5) is 0 Å². The standard InChI is InChI=1S/C21H19N3O3/c1-14-20(24-18-11-7-6-10-17(18)22-14)13-27-21(26)19(23-15(2)25)12-16-8-4-3-5-9-16/h3-12H,13H2,1-2H3,(H,23,25). The van der Waals surface area contributed by atoms with Crippen molar-refractivity contribution in [2.75, 3.05) is 0 Å². The van der Waals surface area contributed by atoms with Gasteiger partial charge in [0.25, 0.3) is 0 Å². The first-order valence-corrected chi connectivity index (χ1v) is 8.46. The summed E-state index contributed by atoms with van der Waals surface area (Å²) in [5, 5.41) is 2.52. The number of para-hydroxylation sites is 2. The number of rotatable bonds is 5. The summed E-state index contributed by atoms with van der Waals surface area (Å²) in [5.74, 6) is -0.987. The average molecular weight is 361 g/mol. The van der Waals surface area contributed by atoms with Gasteiger partial charge in [-0.15, -0.1) is 0 Å². The van der Waals surface area contributed by atoms with Crippen molar-refractivity contribution in [2.24, 2.45) is 0 Å². The maximum Gasteiger partial charge on any atom is 0.355 e. The minimum Gasteiger partial charge on any atom is -0.454 e. The second-order valence-corrected chi connectivity index (χ2v) is 5.97. The van der Waals surface area contributed by atoms with Crippen molar-refractivity contribution >= 4 is 29.0 Å². The first-order chi connectivity index (χ1) is 13.0. The molecule has 0 saturated heterocycles. The van der Waals surface area contributed by atoms with E-state index in [9.17, 15) is 9.59 Å². The summed E-state index contributed by atoms with van der Waals surface area (Å²) < 4.78 is 5.37. The molecule has 1 heterocycles. The summed E-state index contributed by atoms with van der Waals surface area (Å²) in [6, 6.07) is 16.7. The summed E-state index contributed by atoms with van der Waals surface area (Å²) in [7, 11) is 0. The smallest absolute Gasteiger partial charge is 0.355 e. The summed E-state index contributed by atoms with van der Waals surface area (Å²) in [5.41, 5.74) is 3.63. The van der Waals surface area contributed by atoms with Crippen molar-refractivity contribution in [3.8, 4) is 0 Å². The van der Waals surface area contributed by atoms with Crippen LogP contribution in [0.2, 0.25) is 0 Å². The Hall–Kier alpha value is -3.54. The third-order valence-corrected chi connectivity index (χ3v) is 3.82. The fraction of sp³-hybridized carbons (Fsp3) is 0.143. The molecule has 0 aliphatic rings. The van der Waals surface area contributed by atoms with Crippen LogP contribution in [0, 0.1) is 6.92 Å². The molecule has 0 atom stereocenters. The monoisotopic (exact) mass is 361 g/mol. The van der Waals surface area contributed by atoms with E-state index in [4.69, 9.17) is 4.74 Å². The van der Waals surface area contributed by atoms with Crippen LogP contribution >= 0.6 is 0 Å². The molecule has 0 radical (unpaired) electrons. The van der Waals surface area contributed by atoms with Crippen LogP contribution in [0.15, 0.2) is 60.3 Å². The molecule has 1 aromatic heterocycles. The van der Waals surface area contributed by atoms with Gasteiger partial charge < -0.3 is 10.1 Å². The Balaban J connectivity index is 1.79. The van der Waals surface area contributed by atoms with Gasteiger partial charge in [0, 0.05) is 6.92 Å². The van der Waals surface area contributed by atoms with E-state index in [1.807, 2.05) is 61.5 Å². The highest BCUT2D eigenvalue weighted by atomic mass is 16.5. The number of esters is 1. The molecule has 27 heavy (non-hydrogen) atoms. The highest BCUT2D eigenvalue weighted by Gasteiger charge is 2.15. The zero-order valence-corrected chi connectivity index (χ0v) is 15.1. The Morgan fingerprint density at radius 3 is 2.30 bits per heavy atom. The molecular formula is C21H19N3O3. The lowest BCUT2D eigenvalue weighted by Crippen LogP contribution is -2.26. The van der Waals surface area contributed by atoms with Crippen LogP contribution in [0.3, 0.4) is 0 Å². The number of hydrogen-bond donors (Lipinski definition) is 1. The van der Waals surface area contributed by atoms with Gasteiger partial charge in [-0.25, -0.2) is 14.8 Å². The van der Waals surface area contributed by atoms with Crippen LogP contribution in [0.5, 0.6) is 0 Å². The Bertz CT molecular complexity index is 1010. The molecule has 1 N–H and O–H groups in total. The van der Waals surface area contributed by atoms with E-state index in [1.165, 1.54) is 6.92 Å². The fourth-order valence-electron chi connectivity index (χ4n) is 2.52. The maximum atomic E-state index is 12.5. The highest BCUT2D eigenvalue weighted by molar-refractivity contribution is 5.97. The first-order valence-electron chi connectivity index (χ1n) is 8.46. The summed E-state index contributed by atoms with van der Waals surface area (Å²) in [4.78, 5) is 32.9. The average Bonchev–Trinajstić information content (AvgIpc) is 2.66. The number of carbonyl (C=O) groups excluding carboxylic acids is 2. The third-order valence-electron chi connectivity index (χ3n) is 3.82. The van der Waals surface area contributed by atoms with Gasteiger partial charge in [-0.2, -0.15) is 0 Å². The lowest BCUT2D eigenvalue weighted by atomic mass is 10.2. The summed E-state index contributed by atoms with van der Waals surface area (Å²) in [6.45, 7) is 3.12. The van der Waals surface area contributed by atoms with Gasteiger partial charge in [0.05, 0.1) is 22.4 Å². The number of benzene rings is 2. The van der Waals surface area contributed by atoms with Crippen molar-refractivity contribution in [1.82, 2.24) is 15.3 Å². The molecule has 0 aliphatic carbocycles. The molecule has 6 nitrogen and oxygen atoms in total. The number of ether oxygens (including phenoxy) is 1. The zero-order chi connectivity index (χ0) is 19.2. The molecule has 0 aliphatic heterocycles. The number of nitrogens with zero attached hydrogens (tertiary/aromatic N) is 2. The largest absolute Gasteiger partial charge is 0.454 e. The lowest BCUT2D eigenvalue weighted by molar-refractivity contribution is -0.141. The molecule has 136 valence electrons. The Labute approximate surface area is 156 Å². The Morgan fingerprint density at radius 1 is 1.00 bits per heavy atom. The van der Waals surface area contributed by atoms with Gasteiger partial charge in [-0.1, -0.05) is 42.5 Å². The SMILES string of the molecule is CC(=O)NC(=Cc1ccccc1)C(=O)OCc1nc2ccccc2nc1C. The second-order valence-electron chi connectivity index (χ2n) is 5.97. The van der Waals surface area contributed by atoms with E-state index < -0.39 is 5.97 Å². The topological polar surface area (TPSA) is 81.2 Å². The molecule has 0 unspecified atom stereocenters. The predicted molar refractivity (Wildman–Crippen MR) is 102 cm³/mol. The van der Waals surface area contributed by atoms with Crippen LogP contribution in [-0.4, -0.2) is 21.8 Å². The van der Waals surface area contributed by atoms with Gasteiger partial charge in [0.1, 0.15) is 12.3 Å². The minimum atomic E-state index is -0.636. The van der Waals surface area contributed by atoms with E-state index in [2.05, 4.69) is 15.3 Å². The van der Waals surface area contributed by atoms with Crippen molar-refractivity contribution in [2.45, 2.75) is 20.5 Å². The summed E-state index contributed by atoms with van der Waals surface area (Å²) >= 11 is 0. The van der Waals surface area contributed by atoms with Crippen LogP contribution in [0.25, 0.3) is 17.1 Å². The Kier molecular flexibility index (Phi) is 5.56. The molecule has 0 spiro atoms. The summed E-state index contributed by atoms with van der Waals surface area (Å²) in [6.07, 6.45) is 1.57. The number of nitrogens with one attached hydrogen (secondary N) is 1. The molecule has 0 bridgehead atoms. The number of carbonyl (C=O) groups is 2. The van der Waals surface area contributed by atoms with E-state index >= 15 is 0 Å². The molecule has 1 amide bonds. The van der Waals surface area contributed by atoms with Gasteiger partial charge >= 0.3 is 5.97 Å². The number of aryl methyl sites for hydroxylation is 1. The van der Waals surface area contributed by atoms with Crippen LogP contribution in [-0.2, 0) is 20.9 Å². The van der Waals surface area contributed by atoms with Gasteiger partial charge in [-0.05, 0) is 30.7 Å². The number of aromatic nitrogens is 2. The van der Waals surface area contributed by atoms with Crippen LogP contribution in [0.1, 0.15) is 23.9 Å². The predicted octanol–water partition coefficient (Wildman–Crippen LogP) is 3.16. The van der Waals surface area contributed by atoms with Gasteiger partial charge in [0.2, 0.25) is 5.91 Å². The van der Waals surface area contributed by atoms with E-state index in [-0.39, 0.29) is 18.2 Å². The van der Waals surface area contributed by atoms with Gasteiger partial charge in [0.15, 0.2) is 0 Å². The van der Waals surface area contributed by atoms with E-state index in [0.717, 1.165) is 16.6 Å². The number of hydrogen-bond acceptors (Lipinski definition) is 5. The maximum absolute atomic E-state index is 12.5. The van der Waals surface area contributed by atoms with Crippen molar-refractivity contribution < 1.29 is 14.3 Å². The van der Waals surface area contributed by atoms with E-state index in [1.54, 1.807) is 6.08 Å². The van der Waals surface area contributed by atoms with E-state index in [0.29, 0.717) is 11.4 Å². The third kappa shape index (κ3) is 4.76. The molecule has 6 heteroatoms. The lowest BCUT2D eigenvalue weighted by Gasteiger charge is -2.10. The highest BCUT2D eigenvalue weighted by Crippen LogP contribution is 2.14. The normalized spacial score (nSPS) is 11.3. The Morgan fingerprint density at radius 2 is 1.63 bits per heavy atom. The number of amides is 1. The molecular weight excluding hydrogens is 342 g/mol. The molecule has 0 saturated carbocycles. The fourth-order valence-corrected chi connectivity index (χ4v) is 2.52. The van der Waals surface area contributed by atoms with Crippen molar-refractivity contribution in [3.63, 3.8) is 0 Å². The number of fused-ring (bicyclic) bond motifs is 1. The second kappa shape index (κ2) is 8.23. The molecule has 0 fully saturated rings. The van der Waals surface area contributed by atoms with Gasteiger partial charge in [-0.3, -0.25) is 4.79 Å². The van der Waals surface area contributed by atoms with Crippen molar-refractivity contribution in [1.29, 1.82) is 0 Å². The van der Waals surface area contributed by atoms with Crippen molar-refractivity contribution in [3.05, 3.63) is 77.2 Å². The molecule has 3 aromatic rings. The zero-order valence-electron chi connectivity index (χ0n) is 15.1. The van der Waals surface area contributed by atoms with Crippen LogP contribution < -0.4 is 5.32 Å². The quantitative estimate of drug-likeness (QED) is 0.558. The molecule has 3 rings (SSSR count).